The lowest BCUT2D eigenvalue weighted by Crippen LogP contribution is -2.39. The van der Waals surface area contributed by atoms with Crippen molar-refractivity contribution in [3.8, 4) is 0 Å². The highest BCUT2D eigenvalue weighted by Crippen LogP contribution is 2.16. The summed E-state index contributed by atoms with van der Waals surface area (Å²) in [5, 5.41) is 16.2. The number of likely N-dealkylation sites (N-methyl/N-ethyl adjacent to an activating group) is 1. The molecule has 6 heteroatoms. The van der Waals surface area contributed by atoms with E-state index in [1.165, 1.54) is 19.0 Å². The van der Waals surface area contributed by atoms with Crippen molar-refractivity contribution in [1.29, 1.82) is 0 Å². The molecule has 88 valence electrons. The van der Waals surface area contributed by atoms with E-state index >= 15 is 0 Å². The lowest BCUT2D eigenvalue weighted by atomic mass is 10.0. The van der Waals surface area contributed by atoms with E-state index in [2.05, 4.69) is 22.3 Å². The predicted octanol–water partition coefficient (Wildman–Crippen LogP) is 0.461. The molecule has 0 radical (unpaired) electrons. The van der Waals surface area contributed by atoms with Crippen LogP contribution in [0.2, 0.25) is 0 Å². The van der Waals surface area contributed by atoms with Crippen LogP contribution >= 0.6 is 0 Å². The van der Waals surface area contributed by atoms with Crippen molar-refractivity contribution in [3.05, 3.63) is 11.9 Å². The minimum Gasteiger partial charge on any atom is -0.476 e. The number of aromatic carboxylic acids is 1. The number of carbonyl (C=O) groups is 1. The average molecular weight is 224 g/mol. The fourth-order valence-electron chi connectivity index (χ4n) is 2.08. The van der Waals surface area contributed by atoms with Gasteiger partial charge in [-0.25, -0.2) is 4.79 Å². The Morgan fingerprint density at radius 2 is 2.44 bits per heavy atom. The molecule has 0 amide bonds. The zero-order valence-electron chi connectivity index (χ0n) is 9.33. The molecule has 0 aromatic carbocycles. The van der Waals surface area contributed by atoms with Gasteiger partial charge in [-0.05, 0) is 26.4 Å². The van der Waals surface area contributed by atoms with Crippen molar-refractivity contribution in [2.24, 2.45) is 0 Å². The number of likely N-dealkylation sites (tertiary alicyclic amines) is 1. The lowest BCUT2D eigenvalue weighted by molar-refractivity contribution is 0.0690. The van der Waals surface area contributed by atoms with Crippen LogP contribution in [-0.4, -0.2) is 50.6 Å². The SMILES string of the molecule is CN1CCCC[C@@H]1Cn1cc(C(=O)O)nn1. The molecule has 0 aliphatic carbocycles. The predicted molar refractivity (Wildman–Crippen MR) is 57.3 cm³/mol. The summed E-state index contributed by atoms with van der Waals surface area (Å²) < 4.78 is 1.62. The maximum absolute atomic E-state index is 10.6. The molecule has 2 rings (SSSR count). The van der Waals surface area contributed by atoms with E-state index < -0.39 is 5.97 Å². The van der Waals surface area contributed by atoms with Gasteiger partial charge in [-0.1, -0.05) is 11.6 Å². The Kier molecular flexibility index (Phi) is 3.19. The molecule has 0 spiro atoms. The number of piperidine rings is 1. The van der Waals surface area contributed by atoms with Crippen LogP contribution in [-0.2, 0) is 6.54 Å². The molecule has 1 aliphatic rings. The molecule has 0 unspecified atom stereocenters. The average Bonchev–Trinajstić information content (AvgIpc) is 2.70. The van der Waals surface area contributed by atoms with Gasteiger partial charge in [0.15, 0.2) is 5.69 Å². The number of carboxylic acid groups (broad SMARTS) is 1. The Hall–Kier alpha value is -1.43. The highest BCUT2D eigenvalue weighted by molar-refractivity contribution is 5.84. The largest absolute Gasteiger partial charge is 0.476 e. The number of aromatic nitrogens is 3. The second kappa shape index (κ2) is 4.61. The molecule has 2 heterocycles. The first-order valence-electron chi connectivity index (χ1n) is 5.50. The van der Waals surface area contributed by atoms with Gasteiger partial charge in [0.05, 0.1) is 12.7 Å². The maximum atomic E-state index is 10.6. The Morgan fingerprint density at radius 3 is 3.06 bits per heavy atom. The fourth-order valence-corrected chi connectivity index (χ4v) is 2.08. The third kappa shape index (κ3) is 2.38. The lowest BCUT2D eigenvalue weighted by Gasteiger charge is -2.32. The summed E-state index contributed by atoms with van der Waals surface area (Å²) in [6, 6.07) is 0.442. The summed E-state index contributed by atoms with van der Waals surface area (Å²) in [4.78, 5) is 12.9. The van der Waals surface area contributed by atoms with Crippen molar-refractivity contribution < 1.29 is 9.90 Å². The van der Waals surface area contributed by atoms with Gasteiger partial charge in [-0.2, -0.15) is 0 Å². The summed E-state index contributed by atoms with van der Waals surface area (Å²) in [7, 11) is 2.10. The van der Waals surface area contributed by atoms with Crippen LogP contribution in [0.3, 0.4) is 0 Å². The molecule has 1 saturated heterocycles. The van der Waals surface area contributed by atoms with Crippen molar-refractivity contribution in [3.63, 3.8) is 0 Å². The van der Waals surface area contributed by atoms with Crippen LogP contribution in [0.15, 0.2) is 6.20 Å². The normalized spacial score (nSPS) is 22.2. The van der Waals surface area contributed by atoms with E-state index in [-0.39, 0.29) is 5.69 Å². The van der Waals surface area contributed by atoms with E-state index in [9.17, 15) is 4.79 Å². The van der Waals surface area contributed by atoms with E-state index in [0.29, 0.717) is 6.04 Å². The molecule has 6 nitrogen and oxygen atoms in total. The quantitative estimate of drug-likeness (QED) is 0.807. The standard InChI is InChI=1S/C10H16N4O2/c1-13-5-3-2-4-8(13)6-14-7-9(10(15)16)11-12-14/h7-8H,2-6H2,1H3,(H,15,16)/t8-/m1/s1. The fraction of sp³-hybridized carbons (Fsp3) is 0.700. The van der Waals surface area contributed by atoms with Crippen molar-refractivity contribution >= 4 is 5.97 Å². The second-order valence-corrected chi connectivity index (χ2v) is 4.26. The summed E-state index contributed by atoms with van der Waals surface area (Å²) in [6.07, 6.45) is 5.10. The summed E-state index contributed by atoms with van der Waals surface area (Å²) in [6.45, 7) is 1.82. The van der Waals surface area contributed by atoms with Gasteiger partial charge in [-0.3, -0.25) is 4.68 Å². The van der Waals surface area contributed by atoms with E-state index in [1.807, 2.05) is 0 Å². The molecular weight excluding hydrogens is 208 g/mol. The highest BCUT2D eigenvalue weighted by atomic mass is 16.4. The Labute approximate surface area is 93.9 Å². The van der Waals surface area contributed by atoms with E-state index in [4.69, 9.17) is 5.11 Å². The van der Waals surface area contributed by atoms with Gasteiger partial charge < -0.3 is 10.0 Å². The molecule has 16 heavy (non-hydrogen) atoms. The minimum absolute atomic E-state index is 0.0125. The van der Waals surface area contributed by atoms with Crippen LogP contribution in [0.4, 0.5) is 0 Å². The number of hydrogen-bond acceptors (Lipinski definition) is 4. The molecule has 1 N–H and O–H groups in total. The third-order valence-corrected chi connectivity index (χ3v) is 3.08. The van der Waals surface area contributed by atoms with Gasteiger partial charge >= 0.3 is 5.97 Å². The van der Waals surface area contributed by atoms with Crippen LogP contribution in [0.1, 0.15) is 29.8 Å². The molecular formula is C10H16N4O2. The topological polar surface area (TPSA) is 71.2 Å². The smallest absolute Gasteiger partial charge is 0.358 e. The monoisotopic (exact) mass is 224 g/mol. The molecule has 1 atom stereocenters. The molecule has 0 saturated carbocycles. The number of nitrogens with zero attached hydrogens (tertiary/aromatic N) is 4. The Morgan fingerprint density at radius 1 is 1.62 bits per heavy atom. The van der Waals surface area contributed by atoms with Crippen LogP contribution in [0.5, 0.6) is 0 Å². The number of rotatable bonds is 3. The van der Waals surface area contributed by atoms with Crippen LogP contribution in [0.25, 0.3) is 0 Å². The highest BCUT2D eigenvalue weighted by Gasteiger charge is 2.20. The van der Waals surface area contributed by atoms with Gasteiger partial charge in [0, 0.05) is 6.04 Å². The van der Waals surface area contributed by atoms with Crippen LogP contribution < -0.4 is 0 Å². The van der Waals surface area contributed by atoms with Gasteiger partial charge in [0.25, 0.3) is 0 Å². The Bertz CT molecular complexity index is 377. The number of hydrogen-bond donors (Lipinski definition) is 1. The molecule has 1 aromatic heterocycles. The van der Waals surface area contributed by atoms with Gasteiger partial charge in [0.2, 0.25) is 0 Å². The second-order valence-electron chi connectivity index (χ2n) is 4.26. The molecule has 1 fully saturated rings. The van der Waals surface area contributed by atoms with Gasteiger partial charge in [-0.15, -0.1) is 5.10 Å². The Balaban J connectivity index is 1.99. The van der Waals surface area contributed by atoms with Gasteiger partial charge in [0.1, 0.15) is 0 Å². The van der Waals surface area contributed by atoms with Crippen LogP contribution in [0, 0.1) is 0 Å². The zero-order chi connectivity index (χ0) is 11.5. The van der Waals surface area contributed by atoms with Crippen molar-refractivity contribution in [2.75, 3.05) is 13.6 Å². The first-order valence-corrected chi connectivity index (χ1v) is 5.50. The summed E-state index contributed by atoms with van der Waals surface area (Å²) in [5.41, 5.74) is 0.0125. The number of carboxylic acids is 1. The molecule has 1 aliphatic heterocycles. The van der Waals surface area contributed by atoms with Crippen molar-refractivity contribution in [2.45, 2.75) is 31.8 Å². The van der Waals surface area contributed by atoms with E-state index in [1.54, 1.807) is 4.68 Å². The van der Waals surface area contributed by atoms with Crippen molar-refractivity contribution in [1.82, 2.24) is 19.9 Å². The van der Waals surface area contributed by atoms with E-state index in [0.717, 1.165) is 19.5 Å². The summed E-state index contributed by atoms with van der Waals surface area (Å²) in [5.74, 6) is -1.02. The third-order valence-electron chi connectivity index (χ3n) is 3.08. The summed E-state index contributed by atoms with van der Waals surface area (Å²) >= 11 is 0. The first-order chi connectivity index (χ1) is 7.66. The zero-order valence-corrected chi connectivity index (χ0v) is 9.33. The molecule has 1 aromatic rings. The first kappa shape index (κ1) is 11.1. The minimum atomic E-state index is -1.02. The maximum Gasteiger partial charge on any atom is 0.358 e. The molecule has 0 bridgehead atoms.